The molecule has 0 saturated carbocycles. The highest BCUT2D eigenvalue weighted by atomic mass is 16.5. The van der Waals surface area contributed by atoms with Gasteiger partial charge in [-0.05, 0) is 36.4 Å². The van der Waals surface area contributed by atoms with Crippen LogP contribution in [0.15, 0.2) is 78.4 Å². The first-order valence-corrected chi connectivity index (χ1v) is 12.4. The fourth-order valence-corrected chi connectivity index (χ4v) is 3.88. The summed E-state index contributed by atoms with van der Waals surface area (Å²) < 4.78 is 5.28. The Hall–Kier alpha value is -6.58. The van der Waals surface area contributed by atoms with Crippen LogP contribution in [-0.4, -0.2) is 56.9 Å². The van der Waals surface area contributed by atoms with Gasteiger partial charge in [0.2, 0.25) is 29.7 Å². The van der Waals surface area contributed by atoms with Crippen molar-refractivity contribution < 1.29 is 4.74 Å². The fourth-order valence-electron chi connectivity index (χ4n) is 3.88. The number of pyridine rings is 2. The molecule has 214 valence electrons. The van der Waals surface area contributed by atoms with Gasteiger partial charge in [-0.25, -0.2) is 44.9 Å². The molecule has 0 aliphatic rings. The van der Waals surface area contributed by atoms with E-state index in [4.69, 9.17) is 27.7 Å². The van der Waals surface area contributed by atoms with Crippen LogP contribution in [-0.2, 0) is 0 Å². The number of hydrogen-bond donors (Lipinski definition) is 5. The lowest BCUT2D eigenvalue weighted by molar-refractivity contribution is 0.399. The van der Waals surface area contributed by atoms with E-state index < -0.39 is 0 Å². The van der Waals surface area contributed by atoms with E-state index in [0.717, 1.165) is 5.56 Å². The Labute approximate surface area is 243 Å². The van der Waals surface area contributed by atoms with Crippen molar-refractivity contribution in [2.75, 3.05) is 30.0 Å². The number of methoxy groups -OCH3 is 1. The van der Waals surface area contributed by atoms with Crippen LogP contribution in [0.25, 0.3) is 45.0 Å². The molecule has 6 aromatic rings. The molecule has 9 N–H and O–H groups in total. The van der Waals surface area contributed by atoms with E-state index in [9.17, 15) is 4.79 Å². The Morgan fingerprint density at radius 2 is 1.05 bits per heavy atom. The smallest absolute Gasteiger partial charge is 0.257 e. The molecule has 0 radical (unpaired) electrons. The molecule has 16 heteroatoms. The van der Waals surface area contributed by atoms with Crippen LogP contribution in [0.1, 0.15) is 0 Å². The Balaban J connectivity index is 0.000000171. The average molecular weight is 577 g/mol. The number of nitrogens with zero attached hydrogens (tertiary/aromatic N) is 9. The lowest BCUT2D eigenvalue weighted by Gasteiger charge is -2.09. The normalized spacial score (nSPS) is 10.4. The third-order valence-electron chi connectivity index (χ3n) is 5.79. The van der Waals surface area contributed by atoms with Crippen molar-refractivity contribution in [1.82, 2.24) is 49.8 Å². The van der Waals surface area contributed by atoms with E-state index >= 15 is 0 Å². The molecule has 43 heavy (non-hydrogen) atoms. The van der Waals surface area contributed by atoms with E-state index in [0.29, 0.717) is 45.3 Å². The van der Waals surface area contributed by atoms with Gasteiger partial charge in [-0.15, -0.1) is 0 Å². The Morgan fingerprint density at radius 1 is 0.605 bits per heavy atom. The van der Waals surface area contributed by atoms with Crippen LogP contribution in [0.4, 0.5) is 23.8 Å². The van der Waals surface area contributed by atoms with Gasteiger partial charge in [0, 0.05) is 48.3 Å². The summed E-state index contributed by atoms with van der Waals surface area (Å²) in [7, 11) is 1.54. The van der Waals surface area contributed by atoms with Gasteiger partial charge in [-0.1, -0.05) is 0 Å². The van der Waals surface area contributed by atoms with E-state index in [1.165, 1.54) is 6.20 Å². The first kappa shape index (κ1) is 28.0. The zero-order chi connectivity index (χ0) is 30.3. The Bertz CT molecular complexity index is 1960. The number of aromatic nitrogens is 10. The summed E-state index contributed by atoms with van der Waals surface area (Å²) in [4.78, 5) is 50.8. The van der Waals surface area contributed by atoms with Crippen LogP contribution in [0, 0.1) is 0 Å². The Morgan fingerprint density at radius 3 is 1.56 bits per heavy atom. The lowest BCUT2D eigenvalue weighted by Crippen LogP contribution is -2.10. The number of aromatic amines is 1. The van der Waals surface area contributed by atoms with Crippen LogP contribution < -0.4 is 33.2 Å². The van der Waals surface area contributed by atoms with E-state index in [1.807, 2.05) is 6.07 Å². The molecule has 0 atom stereocenters. The molecule has 6 heterocycles. The fraction of sp³-hybridized carbons (Fsp3) is 0.0370. The maximum atomic E-state index is 12.0. The zero-order valence-corrected chi connectivity index (χ0v) is 22.6. The van der Waals surface area contributed by atoms with Crippen molar-refractivity contribution in [1.29, 1.82) is 0 Å². The molecule has 6 rings (SSSR count). The summed E-state index contributed by atoms with van der Waals surface area (Å²) >= 11 is 0. The maximum Gasteiger partial charge on any atom is 0.257 e. The van der Waals surface area contributed by atoms with Crippen molar-refractivity contribution in [3.05, 3.63) is 83.9 Å². The summed E-state index contributed by atoms with van der Waals surface area (Å²) in [5.74, 6) is 1.07. The summed E-state index contributed by atoms with van der Waals surface area (Å²) in [5, 5.41) is 0. The SMILES string of the molecule is COc1ncc(-c2ccnc(N)n2)cc1-c1ccnc(N)n1.Nc1nccc(-c2c[nH]c(=O)c(-c3ccnc(N)n3)c2)n1. The van der Waals surface area contributed by atoms with Crippen molar-refractivity contribution >= 4 is 23.8 Å². The molecule has 0 aliphatic carbocycles. The maximum absolute atomic E-state index is 12.0. The van der Waals surface area contributed by atoms with Crippen LogP contribution >= 0.6 is 0 Å². The number of ether oxygens (including phenoxy) is 1. The minimum absolute atomic E-state index is 0.101. The number of nitrogens with two attached hydrogens (primary N) is 4. The van der Waals surface area contributed by atoms with E-state index in [-0.39, 0.29) is 29.4 Å². The van der Waals surface area contributed by atoms with Crippen molar-refractivity contribution in [2.24, 2.45) is 0 Å². The predicted molar refractivity (Wildman–Crippen MR) is 160 cm³/mol. The molecule has 0 fully saturated rings. The van der Waals surface area contributed by atoms with Crippen LogP contribution in [0.2, 0.25) is 0 Å². The van der Waals surface area contributed by atoms with Gasteiger partial charge in [0.05, 0.1) is 41.0 Å². The molecule has 6 aromatic heterocycles. The molecule has 0 aromatic carbocycles. The molecule has 16 nitrogen and oxygen atoms in total. The summed E-state index contributed by atoms with van der Waals surface area (Å²) in [6, 6.07) is 10.3. The first-order chi connectivity index (χ1) is 20.8. The molecular weight excluding hydrogens is 552 g/mol. The third-order valence-corrected chi connectivity index (χ3v) is 5.79. The van der Waals surface area contributed by atoms with Crippen molar-refractivity contribution in [3.8, 4) is 50.9 Å². The number of H-pyrrole nitrogens is 1. The standard InChI is InChI=1S/C14H13N7O.C13H11N7O/c1-22-12-9(11-3-5-18-14(16)21-11)6-8(7-19-12)10-2-4-17-13(15)20-10;14-12-16-3-1-9(19-12)7-5-8(11(21)18-6-7)10-2-4-17-13(15)20-10/h2-7H,1H3,(H2,15,17,20)(H2,16,18,21);1-6H,(H,18,21)(H2,14,16,19)(H2,15,17,20). The van der Waals surface area contributed by atoms with Gasteiger partial charge in [-0.2, -0.15) is 0 Å². The minimum Gasteiger partial charge on any atom is -0.481 e. The number of nitrogen functional groups attached to an aromatic ring is 4. The predicted octanol–water partition coefficient (Wildman–Crippen LogP) is 1.62. The van der Waals surface area contributed by atoms with Gasteiger partial charge in [0.15, 0.2) is 0 Å². The largest absolute Gasteiger partial charge is 0.481 e. The molecular formula is C27H24N14O2. The third kappa shape index (κ3) is 6.60. The van der Waals surface area contributed by atoms with Gasteiger partial charge in [0.1, 0.15) is 0 Å². The molecule has 0 unspecified atom stereocenters. The first-order valence-electron chi connectivity index (χ1n) is 12.4. The quantitative estimate of drug-likeness (QED) is 0.195. The lowest BCUT2D eigenvalue weighted by atomic mass is 10.1. The highest BCUT2D eigenvalue weighted by molar-refractivity contribution is 5.73. The summed E-state index contributed by atoms with van der Waals surface area (Å²) in [5.41, 5.74) is 26.9. The van der Waals surface area contributed by atoms with Gasteiger partial charge >= 0.3 is 0 Å². The van der Waals surface area contributed by atoms with Crippen molar-refractivity contribution in [2.45, 2.75) is 0 Å². The summed E-state index contributed by atoms with van der Waals surface area (Å²) in [6.45, 7) is 0. The van der Waals surface area contributed by atoms with Crippen LogP contribution in [0.5, 0.6) is 5.88 Å². The average Bonchev–Trinajstić information content (AvgIpc) is 3.01. The molecule has 0 amide bonds. The molecule has 0 spiro atoms. The number of hydrogen-bond acceptors (Lipinski definition) is 15. The van der Waals surface area contributed by atoms with Crippen molar-refractivity contribution in [3.63, 3.8) is 0 Å². The van der Waals surface area contributed by atoms with Gasteiger partial charge in [0.25, 0.3) is 5.56 Å². The monoisotopic (exact) mass is 576 g/mol. The number of rotatable bonds is 5. The number of anilines is 4. The van der Waals surface area contributed by atoms with Gasteiger partial charge in [-0.3, -0.25) is 4.79 Å². The second-order valence-electron chi connectivity index (χ2n) is 8.61. The van der Waals surface area contributed by atoms with Gasteiger partial charge < -0.3 is 32.7 Å². The van der Waals surface area contributed by atoms with E-state index in [2.05, 4.69) is 49.8 Å². The second-order valence-corrected chi connectivity index (χ2v) is 8.61. The summed E-state index contributed by atoms with van der Waals surface area (Å²) in [6.07, 6.45) is 9.40. The number of nitrogens with one attached hydrogen (secondary N) is 1. The minimum atomic E-state index is -0.279. The Kier molecular flexibility index (Phi) is 8.00. The zero-order valence-electron chi connectivity index (χ0n) is 22.6. The highest BCUT2D eigenvalue weighted by Crippen LogP contribution is 2.30. The molecule has 0 aliphatic heterocycles. The molecule has 0 saturated heterocycles. The second kappa shape index (κ2) is 12.3. The van der Waals surface area contributed by atoms with Crippen LogP contribution in [0.3, 0.4) is 0 Å². The highest BCUT2D eigenvalue weighted by Gasteiger charge is 2.13. The van der Waals surface area contributed by atoms with E-state index in [1.54, 1.807) is 68.4 Å². The topological polar surface area (TPSA) is 262 Å². The molecule has 0 bridgehead atoms.